The number of likely N-dealkylation sites (N-methyl/N-ethyl adjacent to an activating group) is 1. The van der Waals surface area contributed by atoms with E-state index in [2.05, 4.69) is 32.1 Å². The van der Waals surface area contributed by atoms with Gasteiger partial charge in [0.15, 0.2) is 0 Å². The lowest BCUT2D eigenvalue weighted by Crippen LogP contribution is -2.44. The molecule has 0 aliphatic carbocycles. The minimum absolute atomic E-state index is 0.241. The first-order valence-corrected chi connectivity index (χ1v) is 14.0. The Kier molecular flexibility index (Phi) is 9.23. The van der Waals surface area contributed by atoms with E-state index in [-0.39, 0.29) is 12.2 Å². The van der Waals surface area contributed by atoms with Crippen LogP contribution in [-0.4, -0.2) is 77.9 Å². The van der Waals surface area contributed by atoms with Crippen LogP contribution in [0.25, 0.3) is 0 Å². The predicted octanol–water partition coefficient (Wildman–Crippen LogP) is 5.16. The molecular formula is C28H32ClF3N7O3-. The monoisotopic (exact) mass is 606 g/mol. The van der Waals surface area contributed by atoms with Crippen molar-refractivity contribution in [2.45, 2.75) is 25.6 Å². The Hall–Kier alpha value is -3.36. The molecule has 0 unspecified atom stereocenters. The molecule has 226 valence electrons. The number of hydrogen-bond acceptors (Lipinski definition) is 10. The van der Waals surface area contributed by atoms with Crippen molar-refractivity contribution in [1.29, 1.82) is 0 Å². The number of fused-ring (bicyclic) bond motifs is 1. The molecule has 10 nitrogen and oxygen atoms in total. The first kappa shape index (κ1) is 30.1. The molecule has 42 heavy (non-hydrogen) atoms. The average Bonchev–Trinajstić information content (AvgIpc) is 2.96. The summed E-state index contributed by atoms with van der Waals surface area (Å²) in [7, 11) is 2.14. The summed E-state index contributed by atoms with van der Waals surface area (Å²) in [6.45, 7) is 6.49. The van der Waals surface area contributed by atoms with Crippen LogP contribution in [0.5, 0.6) is 5.75 Å². The van der Waals surface area contributed by atoms with Gasteiger partial charge in [-0.05, 0) is 56.3 Å². The molecule has 0 bridgehead atoms. The zero-order valence-electron chi connectivity index (χ0n) is 23.1. The summed E-state index contributed by atoms with van der Waals surface area (Å²) in [5, 5.41) is 23.3. The number of aromatic nitrogens is 2. The molecule has 0 amide bonds. The minimum atomic E-state index is -4.81. The van der Waals surface area contributed by atoms with Gasteiger partial charge in [-0.15, -0.1) is 0 Å². The second kappa shape index (κ2) is 12.9. The Labute approximate surface area is 246 Å². The van der Waals surface area contributed by atoms with E-state index in [1.54, 1.807) is 11.0 Å². The van der Waals surface area contributed by atoms with Crippen molar-refractivity contribution < 1.29 is 23.1 Å². The van der Waals surface area contributed by atoms with Crippen molar-refractivity contribution in [3.63, 3.8) is 0 Å². The maximum atomic E-state index is 13.5. The number of piperazine rings is 1. The standard InChI is InChI=1S/C28H32ClF3N7O3/c1-36-10-12-37(13-11-36)8-2-14-42-26-6-3-19(15-23(26)29)35-27-21-7-9-38(17-24(21)33-18-34-27)20-4-5-25(39(40)41)22(16-20)28(30,31)32/h3-6,15-16,18,40H,2,7-14,17H2,1H3,(H,33,34,35)/q-1. The maximum Gasteiger partial charge on any atom is 0.418 e. The van der Waals surface area contributed by atoms with Gasteiger partial charge in [-0.3, -0.25) is 5.21 Å². The van der Waals surface area contributed by atoms with E-state index in [1.165, 1.54) is 12.4 Å². The summed E-state index contributed by atoms with van der Waals surface area (Å²) >= 11 is 6.51. The normalized spacial score (nSPS) is 16.3. The zero-order valence-corrected chi connectivity index (χ0v) is 23.8. The van der Waals surface area contributed by atoms with Crippen LogP contribution >= 0.6 is 11.6 Å². The molecule has 2 N–H and O–H groups in total. The second-order valence-electron chi connectivity index (χ2n) is 10.4. The fraction of sp³-hybridized carbons (Fsp3) is 0.429. The highest BCUT2D eigenvalue weighted by Gasteiger charge is 2.35. The predicted molar refractivity (Wildman–Crippen MR) is 155 cm³/mol. The Balaban J connectivity index is 1.21. The Bertz CT molecular complexity index is 1390. The lowest BCUT2D eigenvalue weighted by Gasteiger charge is -2.32. The summed E-state index contributed by atoms with van der Waals surface area (Å²) in [5.41, 5.74) is 0.409. The van der Waals surface area contributed by atoms with Crippen LogP contribution in [0.1, 0.15) is 23.2 Å². The highest BCUT2D eigenvalue weighted by molar-refractivity contribution is 6.32. The van der Waals surface area contributed by atoms with Gasteiger partial charge in [-0.25, -0.2) is 9.97 Å². The molecule has 2 aliphatic heterocycles. The van der Waals surface area contributed by atoms with E-state index in [4.69, 9.17) is 21.5 Å². The van der Waals surface area contributed by atoms with Crippen molar-refractivity contribution in [2.24, 2.45) is 0 Å². The van der Waals surface area contributed by atoms with E-state index in [9.17, 15) is 18.4 Å². The number of hydrogen-bond donors (Lipinski definition) is 2. The number of nitrogens with one attached hydrogen (secondary N) is 1. The SMILES string of the molecule is CN1CCN(CCCOc2ccc(Nc3ncnc4c3CCN(c3ccc(N([O-])O)c(C(F)(F)F)c3)C4)cc2Cl)CC1. The van der Waals surface area contributed by atoms with Crippen LogP contribution in [0, 0.1) is 5.21 Å². The molecule has 0 saturated carbocycles. The molecular weight excluding hydrogens is 575 g/mol. The summed E-state index contributed by atoms with van der Waals surface area (Å²) in [5.74, 6) is 1.19. The summed E-state index contributed by atoms with van der Waals surface area (Å²) in [6, 6.07) is 8.62. The molecule has 0 atom stereocenters. The van der Waals surface area contributed by atoms with E-state index >= 15 is 0 Å². The third kappa shape index (κ3) is 7.16. The van der Waals surface area contributed by atoms with Crippen LogP contribution in [0.4, 0.5) is 36.1 Å². The van der Waals surface area contributed by atoms with E-state index in [0.717, 1.165) is 56.8 Å². The third-order valence-corrected chi connectivity index (χ3v) is 7.83. The quantitative estimate of drug-likeness (QED) is 0.251. The molecule has 1 fully saturated rings. The van der Waals surface area contributed by atoms with E-state index < -0.39 is 22.7 Å². The van der Waals surface area contributed by atoms with Crippen molar-refractivity contribution in [2.75, 3.05) is 68.4 Å². The Morgan fingerprint density at radius 3 is 2.60 bits per heavy atom. The number of rotatable bonds is 9. The maximum absolute atomic E-state index is 13.5. The number of nitrogens with zero attached hydrogens (tertiary/aromatic N) is 6. The first-order chi connectivity index (χ1) is 20.1. The largest absolute Gasteiger partial charge is 0.733 e. The van der Waals surface area contributed by atoms with Gasteiger partial charge < -0.3 is 35.2 Å². The van der Waals surface area contributed by atoms with Gasteiger partial charge >= 0.3 is 6.18 Å². The zero-order chi connectivity index (χ0) is 29.9. The van der Waals surface area contributed by atoms with E-state index in [1.807, 2.05) is 12.1 Å². The van der Waals surface area contributed by atoms with Crippen molar-refractivity contribution in [3.05, 3.63) is 69.8 Å². The molecule has 14 heteroatoms. The number of alkyl halides is 3. The van der Waals surface area contributed by atoms with Crippen LogP contribution in [-0.2, 0) is 19.1 Å². The second-order valence-corrected chi connectivity index (χ2v) is 10.8. The molecule has 3 heterocycles. The van der Waals surface area contributed by atoms with Crippen LogP contribution < -0.4 is 20.2 Å². The number of ether oxygens (including phenoxy) is 1. The number of anilines is 4. The first-order valence-electron chi connectivity index (χ1n) is 13.6. The van der Waals surface area contributed by atoms with Gasteiger partial charge in [0.05, 0.1) is 35.1 Å². The summed E-state index contributed by atoms with van der Waals surface area (Å²) < 4.78 is 46.5. The lowest BCUT2D eigenvalue weighted by molar-refractivity contribution is -0.137. The summed E-state index contributed by atoms with van der Waals surface area (Å²) in [4.78, 5) is 15.2. The molecule has 3 aromatic rings. The highest BCUT2D eigenvalue weighted by atomic mass is 35.5. The average molecular weight is 607 g/mol. The van der Waals surface area contributed by atoms with Gasteiger partial charge in [0.1, 0.15) is 17.9 Å². The molecule has 0 spiro atoms. The molecule has 5 rings (SSSR count). The molecule has 1 aromatic heterocycles. The molecule has 2 aromatic carbocycles. The molecule has 2 aliphatic rings. The van der Waals surface area contributed by atoms with Crippen LogP contribution in [0.15, 0.2) is 42.7 Å². The van der Waals surface area contributed by atoms with Crippen molar-refractivity contribution >= 4 is 34.5 Å². The number of benzene rings is 2. The van der Waals surface area contributed by atoms with Gasteiger partial charge in [-0.1, -0.05) is 11.6 Å². The Morgan fingerprint density at radius 2 is 1.88 bits per heavy atom. The third-order valence-electron chi connectivity index (χ3n) is 7.53. The van der Waals surface area contributed by atoms with Crippen molar-refractivity contribution in [1.82, 2.24) is 19.8 Å². The van der Waals surface area contributed by atoms with Gasteiger partial charge in [0, 0.05) is 56.2 Å². The lowest BCUT2D eigenvalue weighted by atomic mass is 10.0. The van der Waals surface area contributed by atoms with Gasteiger partial charge in [0.2, 0.25) is 0 Å². The highest BCUT2D eigenvalue weighted by Crippen LogP contribution is 2.39. The smallest absolute Gasteiger partial charge is 0.418 e. The van der Waals surface area contributed by atoms with Crippen molar-refractivity contribution in [3.8, 4) is 5.75 Å². The molecule has 0 radical (unpaired) electrons. The number of halogens is 4. The fourth-order valence-corrected chi connectivity index (χ4v) is 5.41. The van der Waals surface area contributed by atoms with Crippen LogP contribution in [0.2, 0.25) is 5.02 Å². The molecule has 1 saturated heterocycles. The summed E-state index contributed by atoms with van der Waals surface area (Å²) in [6.07, 6.45) is -2.03. The van der Waals surface area contributed by atoms with Gasteiger partial charge in [0.25, 0.3) is 0 Å². The topological polar surface area (TPSA) is 103 Å². The van der Waals surface area contributed by atoms with Crippen LogP contribution in [0.3, 0.4) is 0 Å². The van der Waals surface area contributed by atoms with E-state index in [0.29, 0.717) is 47.5 Å². The fourth-order valence-electron chi connectivity index (χ4n) is 5.17. The Morgan fingerprint density at radius 1 is 1.10 bits per heavy atom. The minimum Gasteiger partial charge on any atom is -0.733 e. The van der Waals surface area contributed by atoms with Gasteiger partial charge in [-0.2, -0.15) is 13.2 Å².